The number of nitrogens with zero attached hydrogens (tertiary/aromatic N) is 3. The molecule has 2 aromatic heterocycles. The third kappa shape index (κ3) is 2.13. The predicted molar refractivity (Wildman–Crippen MR) is 74.7 cm³/mol. The molecule has 98 valence electrons. The molecule has 3 N–H and O–H groups in total. The van der Waals surface area contributed by atoms with Crippen molar-refractivity contribution in [1.29, 1.82) is 0 Å². The number of aromatic amines is 1. The number of aromatic nitrogens is 4. The van der Waals surface area contributed by atoms with Crippen molar-refractivity contribution in [3.05, 3.63) is 47.5 Å². The molecule has 0 bridgehead atoms. The van der Waals surface area contributed by atoms with Crippen LogP contribution in [0.15, 0.2) is 30.6 Å². The van der Waals surface area contributed by atoms with Crippen LogP contribution in [-0.2, 0) is 13.5 Å². The molecule has 1 aromatic carbocycles. The Kier molecular flexibility index (Phi) is 2.83. The Morgan fingerprint density at radius 2 is 2.26 bits per heavy atom. The second-order valence-electron chi connectivity index (χ2n) is 4.75. The number of aryl methyl sites for hydroxylation is 2. The second kappa shape index (κ2) is 4.51. The van der Waals surface area contributed by atoms with Crippen LogP contribution in [0, 0.1) is 0 Å². The maximum Gasteiger partial charge on any atom is 0.128 e. The Balaban J connectivity index is 2.00. The maximum atomic E-state index is 6.22. The highest BCUT2D eigenvalue weighted by Crippen LogP contribution is 2.20. The van der Waals surface area contributed by atoms with E-state index in [0.717, 1.165) is 28.8 Å². The smallest absolute Gasteiger partial charge is 0.128 e. The van der Waals surface area contributed by atoms with Gasteiger partial charge < -0.3 is 10.7 Å². The molecule has 0 amide bonds. The van der Waals surface area contributed by atoms with E-state index in [1.807, 2.05) is 19.3 Å². The fourth-order valence-electron chi connectivity index (χ4n) is 2.20. The molecule has 0 fully saturated rings. The molecule has 0 aliphatic heterocycles. The van der Waals surface area contributed by atoms with Gasteiger partial charge in [0.05, 0.1) is 23.3 Å². The molecule has 0 aliphatic rings. The molecule has 5 nitrogen and oxygen atoms in total. The van der Waals surface area contributed by atoms with Crippen molar-refractivity contribution < 1.29 is 0 Å². The Bertz CT molecular complexity index is 710. The molecule has 1 atom stereocenters. The summed E-state index contributed by atoms with van der Waals surface area (Å²) in [5.74, 6) is 0.774. The zero-order valence-corrected chi connectivity index (χ0v) is 11.1. The maximum absolute atomic E-state index is 6.22. The molecule has 3 aromatic rings. The van der Waals surface area contributed by atoms with E-state index in [1.54, 1.807) is 10.9 Å². The van der Waals surface area contributed by atoms with Crippen molar-refractivity contribution in [2.75, 3.05) is 0 Å². The first-order valence-corrected chi connectivity index (χ1v) is 6.40. The van der Waals surface area contributed by atoms with Gasteiger partial charge in [-0.25, -0.2) is 4.98 Å². The first kappa shape index (κ1) is 11.9. The largest absolute Gasteiger partial charge is 0.340 e. The normalized spacial score (nSPS) is 13.0. The van der Waals surface area contributed by atoms with Gasteiger partial charge in [-0.15, -0.1) is 0 Å². The molecule has 0 spiro atoms. The number of hydrogen-bond donors (Lipinski definition) is 2. The monoisotopic (exact) mass is 255 g/mol. The lowest BCUT2D eigenvalue weighted by Crippen LogP contribution is -2.12. The highest BCUT2D eigenvalue weighted by Gasteiger charge is 2.15. The summed E-state index contributed by atoms with van der Waals surface area (Å²) in [5, 5.41) is 4.14. The van der Waals surface area contributed by atoms with Crippen molar-refractivity contribution in [3.63, 3.8) is 0 Å². The van der Waals surface area contributed by atoms with Gasteiger partial charge in [-0.05, 0) is 24.1 Å². The minimum atomic E-state index is -0.272. The molecule has 0 radical (unpaired) electrons. The van der Waals surface area contributed by atoms with E-state index < -0.39 is 0 Å². The molecule has 19 heavy (non-hydrogen) atoms. The number of H-pyrrole nitrogens is 1. The highest BCUT2D eigenvalue weighted by molar-refractivity contribution is 5.76. The summed E-state index contributed by atoms with van der Waals surface area (Å²) in [5.41, 5.74) is 10.4. The molecule has 0 saturated heterocycles. The zero-order valence-electron chi connectivity index (χ0n) is 11.1. The van der Waals surface area contributed by atoms with E-state index in [0.29, 0.717) is 0 Å². The Morgan fingerprint density at radius 3 is 2.95 bits per heavy atom. The van der Waals surface area contributed by atoms with Crippen molar-refractivity contribution in [3.8, 4) is 0 Å². The van der Waals surface area contributed by atoms with Crippen LogP contribution in [0.3, 0.4) is 0 Å². The lowest BCUT2D eigenvalue weighted by atomic mass is 10.1. The fourth-order valence-corrected chi connectivity index (χ4v) is 2.20. The van der Waals surface area contributed by atoms with E-state index in [9.17, 15) is 0 Å². The van der Waals surface area contributed by atoms with Crippen LogP contribution >= 0.6 is 0 Å². The fraction of sp³-hybridized carbons (Fsp3) is 0.286. The summed E-state index contributed by atoms with van der Waals surface area (Å²) in [6.07, 6.45) is 4.70. The average Bonchev–Trinajstić information content (AvgIpc) is 3.02. The van der Waals surface area contributed by atoms with Gasteiger partial charge in [0.25, 0.3) is 0 Å². The summed E-state index contributed by atoms with van der Waals surface area (Å²) < 4.78 is 1.74. The van der Waals surface area contributed by atoms with Crippen LogP contribution in [0.2, 0.25) is 0 Å². The summed E-state index contributed by atoms with van der Waals surface area (Å²) in [4.78, 5) is 7.86. The lowest BCUT2D eigenvalue weighted by molar-refractivity contribution is 0.762. The second-order valence-corrected chi connectivity index (χ2v) is 4.75. The van der Waals surface area contributed by atoms with Gasteiger partial charge in [0.1, 0.15) is 5.82 Å². The number of nitrogens with one attached hydrogen (secondary N) is 1. The van der Waals surface area contributed by atoms with Crippen LogP contribution in [0.4, 0.5) is 0 Å². The highest BCUT2D eigenvalue weighted by atomic mass is 15.2. The van der Waals surface area contributed by atoms with Crippen molar-refractivity contribution in [2.45, 2.75) is 19.4 Å². The van der Waals surface area contributed by atoms with Gasteiger partial charge in [-0.2, -0.15) is 5.10 Å². The van der Waals surface area contributed by atoms with Gasteiger partial charge in [0.15, 0.2) is 0 Å². The minimum Gasteiger partial charge on any atom is -0.340 e. The van der Waals surface area contributed by atoms with E-state index in [4.69, 9.17) is 5.73 Å². The number of benzene rings is 1. The molecule has 1 unspecified atom stereocenters. The standard InChI is InChI=1S/C14H17N5/c1-3-9-4-5-11-12(6-9)18-14(17-11)13(15)10-7-16-19(2)8-10/h4-8,13H,3,15H2,1-2H3,(H,17,18). The van der Waals surface area contributed by atoms with E-state index >= 15 is 0 Å². The average molecular weight is 255 g/mol. The molecule has 0 aliphatic carbocycles. The zero-order chi connectivity index (χ0) is 13.4. The van der Waals surface area contributed by atoms with Crippen molar-refractivity contribution in [1.82, 2.24) is 19.7 Å². The van der Waals surface area contributed by atoms with Gasteiger partial charge in [0.2, 0.25) is 0 Å². The topological polar surface area (TPSA) is 72.5 Å². The van der Waals surface area contributed by atoms with Crippen molar-refractivity contribution in [2.24, 2.45) is 12.8 Å². The van der Waals surface area contributed by atoms with Crippen LogP contribution < -0.4 is 5.73 Å². The third-order valence-electron chi connectivity index (χ3n) is 3.35. The Morgan fingerprint density at radius 1 is 1.42 bits per heavy atom. The van der Waals surface area contributed by atoms with Crippen LogP contribution in [0.1, 0.15) is 29.9 Å². The summed E-state index contributed by atoms with van der Waals surface area (Å²) in [6, 6.07) is 5.99. The molecular formula is C14H17N5. The van der Waals surface area contributed by atoms with Gasteiger partial charge >= 0.3 is 0 Å². The van der Waals surface area contributed by atoms with E-state index in [2.05, 4.69) is 34.1 Å². The predicted octanol–water partition coefficient (Wildman–Crippen LogP) is 1.91. The first-order chi connectivity index (χ1) is 9.17. The Labute approximate surface area is 111 Å². The molecule has 2 heterocycles. The van der Waals surface area contributed by atoms with Crippen molar-refractivity contribution >= 4 is 11.0 Å². The van der Waals surface area contributed by atoms with Crippen LogP contribution in [0.5, 0.6) is 0 Å². The first-order valence-electron chi connectivity index (χ1n) is 6.40. The minimum absolute atomic E-state index is 0.272. The molecule has 3 rings (SSSR count). The Hall–Kier alpha value is -2.14. The number of nitrogens with two attached hydrogens (primary N) is 1. The van der Waals surface area contributed by atoms with Gasteiger partial charge in [0, 0.05) is 18.8 Å². The van der Waals surface area contributed by atoms with Gasteiger partial charge in [-0.1, -0.05) is 13.0 Å². The molecule has 5 heteroatoms. The summed E-state index contributed by atoms with van der Waals surface area (Å²) in [6.45, 7) is 2.14. The summed E-state index contributed by atoms with van der Waals surface area (Å²) >= 11 is 0. The van der Waals surface area contributed by atoms with Crippen LogP contribution in [-0.4, -0.2) is 19.7 Å². The SMILES string of the molecule is CCc1ccc2nc(C(N)c3cnn(C)c3)[nH]c2c1. The molecular weight excluding hydrogens is 238 g/mol. The van der Waals surface area contributed by atoms with Gasteiger partial charge in [-0.3, -0.25) is 4.68 Å². The van der Waals surface area contributed by atoms with E-state index in [1.165, 1.54) is 5.56 Å². The number of imidazole rings is 1. The van der Waals surface area contributed by atoms with E-state index in [-0.39, 0.29) is 6.04 Å². The third-order valence-corrected chi connectivity index (χ3v) is 3.35. The number of rotatable bonds is 3. The number of fused-ring (bicyclic) bond motifs is 1. The molecule has 0 saturated carbocycles. The lowest BCUT2D eigenvalue weighted by Gasteiger charge is -2.04. The van der Waals surface area contributed by atoms with Crippen LogP contribution in [0.25, 0.3) is 11.0 Å². The quantitative estimate of drug-likeness (QED) is 0.751. The summed E-state index contributed by atoms with van der Waals surface area (Å²) in [7, 11) is 1.88. The number of hydrogen-bond acceptors (Lipinski definition) is 3.